The number of nitrogens with two attached hydrogens (primary N) is 1. The van der Waals surface area contributed by atoms with E-state index >= 15 is 0 Å². The lowest BCUT2D eigenvalue weighted by atomic mass is 10.2. The smallest absolute Gasteiger partial charge is 0.160 e. The summed E-state index contributed by atoms with van der Waals surface area (Å²) >= 11 is 0. The van der Waals surface area contributed by atoms with E-state index in [-0.39, 0.29) is 0 Å². The predicted octanol–water partition coefficient (Wildman–Crippen LogP) is 0.786. The van der Waals surface area contributed by atoms with Crippen LogP contribution >= 0.6 is 0 Å². The van der Waals surface area contributed by atoms with Crippen LogP contribution in [0.2, 0.25) is 0 Å². The molecule has 1 aromatic heterocycles. The van der Waals surface area contributed by atoms with Crippen molar-refractivity contribution in [2.45, 2.75) is 13.8 Å². The standard InChI is InChI=1S/C12H24N6/c1-10(2)9-18(6-5-17(3)4)12-8-14-7-11(15-12)16-13/h7-8,10H,5-6,9,13H2,1-4H3,(H,15,16). The molecule has 6 heteroatoms. The first-order valence-electron chi connectivity index (χ1n) is 6.21. The Hall–Kier alpha value is -1.40. The average Bonchev–Trinajstić information content (AvgIpc) is 2.34. The van der Waals surface area contributed by atoms with Crippen LogP contribution in [-0.2, 0) is 0 Å². The third-order valence-corrected chi connectivity index (χ3v) is 2.50. The van der Waals surface area contributed by atoms with Gasteiger partial charge in [-0.2, -0.15) is 0 Å². The molecule has 18 heavy (non-hydrogen) atoms. The van der Waals surface area contributed by atoms with Gasteiger partial charge in [-0.3, -0.25) is 4.98 Å². The van der Waals surface area contributed by atoms with Gasteiger partial charge in [-0.1, -0.05) is 13.8 Å². The summed E-state index contributed by atoms with van der Waals surface area (Å²) in [7, 11) is 4.13. The fourth-order valence-corrected chi connectivity index (χ4v) is 1.64. The van der Waals surface area contributed by atoms with E-state index in [2.05, 4.69) is 53.1 Å². The Morgan fingerprint density at radius 2 is 2.00 bits per heavy atom. The minimum atomic E-state index is 0.573. The molecule has 0 unspecified atom stereocenters. The molecule has 3 N–H and O–H groups in total. The summed E-state index contributed by atoms with van der Waals surface area (Å²) in [5, 5.41) is 0. The van der Waals surface area contributed by atoms with Crippen LogP contribution in [0.25, 0.3) is 0 Å². The van der Waals surface area contributed by atoms with Crippen LogP contribution in [0.5, 0.6) is 0 Å². The zero-order valence-corrected chi connectivity index (χ0v) is 11.7. The Bertz CT molecular complexity index is 352. The molecule has 0 fully saturated rings. The third kappa shape index (κ3) is 4.85. The van der Waals surface area contributed by atoms with Gasteiger partial charge in [-0.25, -0.2) is 10.8 Å². The molecular weight excluding hydrogens is 228 g/mol. The zero-order chi connectivity index (χ0) is 13.5. The molecule has 1 heterocycles. The van der Waals surface area contributed by atoms with Gasteiger partial charge >= 0.3 is 0 Å². The van der Waals surface area contributed by atoms with Gasteiger partial charge < -0.3 is 15.2 Å². The summed E-state index contributed by atoms with van der Waals surface area (Å²) in [6.45, 7) is 7.25. The molecule has 0 aromatic carbocycles. The molecule has 0 bridgehead atoms. The molecule has 0 radical (unpaired) electrons. The molecule has 0 amide bonds. The quantitative estimate of drug-likeness (QED) is 0.552. The number of nitrogens with one attached hydrogen (secondary N) is 1. The minimum absolute atomic E-state index is 0.573. The van der Waals surface area contributed by atoms with E-state index in [0.717, 1.165) is 25.5 Å². The largest absolute Gasteiger partial charge is 0.354 e. The molecule has 0 saturated carbocycles. The van der Waals surface area contributed by atoms with Gasteiger partial charge in [-0.15, -0.1) is 0 Å². The summed E-state index contributed by atoms with van der Waals surface area (Å²) in [5.41, 5.74) is 2.53. The number of hydrogen-bond acceptors (Lipinski definition) is 6. The van der Waals surface area contributed by atoms with Crippen molar-refractivity contribution in [3.63, 3.8) is 0 Å². The molecule has 0 aliphatic heterocycles. The van der Waals surface area contributed by atoms with Crippen LogP contribution in [0.4, 0.5) is 11.6 Å². The van der Waals surface area contributed by atoms with E-state index in [1.807, 2.05) is 0 Å². The Morgan fingerprint density at radius 3 is 2.56 bits per heavy atom. The molecule has 1 aromatic rings. The first kappa shape index (κ1) is 14.7. The molecule has 0 aliphatic rings. The van der Waals surface area contributed by atoms with Gasteiger partial charge in [-0.05, 0) is 20.0 Å². The number of rotatable bonds is 7. The summed E-state index contributed by atoms with van der Waals surface area (Å²) in [6.07, 6.45) is 3.39. The zero-order valence-electron chi connectivity index (χ0n) is 11.7. The van der Waals surface area contributed by atoms with Crippen molar-refractivity contribution in [1.29, 1.82) is 0 Å². The van der Waals surface area contributed by atoms with Gasteiger partial charge in [0.15, 0.2) is 5.82 Å². The number of anilines is 2. The molecule has 6 nitrogen and oxygen atoms in total. The van der Waals surface area contributed by atoms with Crippen LogP contribution in [0, 0.1) is 5.92 Å². The maximum absolute atomic E-state index is 5.36. The summed E-state index contributed by atoms with van der Waals surface area (Å²) < 4.78 is 0. The van der Waals surface area contributed by atoms with Crippen LogP contribution in [0.3, 0.4) is 0 Å². The monoisotopic (exact) mass is 252 g/mol. The van der Waals surface area contributed by atoms with Crippen molar-refractivity contribution in [2.75, 3.05) is 44.1 Å². The minimum Gasteiger partial charge on any atom is -0.354 e. The van der Waals surface area contributed by atoms with Crippen molar-refractivity contribution >= 4 is 11.6 Å². The number of likely N-dealkylation sites (N-methyl/N-ethyl adjacent to an activating group) is 1. The van der Waals surface area contributed by atoms with Crippen molar-refractivity contribution in [1.82, 2.24) is 14.9 Å². The lowest BCUT2D eigenvalue weighted by molar-refractivity contribution is 0.408. The highest BCUT2D eigenvalue weighted by Gasteiger charge is 2.11. The van der Waals surface area contributed by atoms with Crippen molar-refractivity contribution in [3.8, 4) is 0 Å². The molecule has 0 aliphatic carbocycles. The summed E-state index contributed by atoms with van der Waals surface area (Å²) in [6, 6.07) is 0. The number of nitrogen functional groups attached to an aromatic ring is 1. The number of aromatic nitrogens is 2. The van der Waals surface area contributed by atoms with E-state index < -0.39 is 0 Å². The van der Waals surface area contributed by atoms with E-state index in [4.69, 9.17) is 5.84 Å². The van der Waals surface area contributed by atoms with Crippen LogP contribution < -0.4 is 16.2 Å². The highest BCUT2D eigenvalue weighted by atomic mass is 15.3. The van der Waals surface area contributed by atoms with Gasteiger partial charge in [0, 0.05) is 19.6 Å². The Morgan fingerprint density at radius 1 is 1.28 bits per heavy atom. The van der Waals surface area contributed by atoms with E-state index in [0.29, 0.717) is 11.7 Å². The first-order chi connectivity index (χ1) is 8.52. The van der Waals surface area contributed by atoms with Crippen LogP contribution in [-0.4, -0.2) is 48.6 Å². The van der Waals surface area contributed by atoms with Gasteiger partial charge in [0.25, 0.3) is 0 Å². The average molecular weight is 252 g/mol. The van der Waals surface area contributed by atoms with Crippen molar-refractivity contribution < 1.29 is 0 Å². The number of hydrogen-bond donors (Lipinski definition) is 2. The number of hydrazine groups is 1. The highest BCUT2D eigenvalue weighted by Crippen LogP contribution is 2.13. The fourth-order valence-electron chi connectivity index (χ4n) is 1.64. The fraction of sp³-hybridized carbons (Fsp3) is 0.667. The van der Waals surface area contributed by atoms with E-state index in [9.17, 15) is 0 Å². The summed E-state index contributed by atoms with van der Waals surface area (Å²) in [4.78, 5) is 13.0. The first-order valence-corrected chi connectivity index (χ1v) is 6.21. The molecular formula is C12H24N6. The second-order valence-electron chi connectivity index (χ2n) is 5.05. The second kappa shape index (κ2) is 7.13. The van der Waals surface area contributed by atoms with Crippen LogP contribution in [0.1, 0.15) is 13.8 Å². The third-order valence-electron chi connectivity index (χ3n) is 2.50. The van der Waals surface area contributed by atoms with E-state index in [1.165, 1.54) is 0 Å². The maximum atomic E-state index is 5.36. The topological polar surface area (TPSA) is 70.3 Å². The normalized spacial score (nSPS) is 11.1. The Kier molecular flexibility index (Phi) is 5.80. The van der Waals surface area contributed by atoms with Crippen molar-refractivity contribution in [2.24, 2.45) is 11.8 Å². The maximum Gasteiger partial charge on any atom is 0.160 e. The van der Waals surface area contributed by atoms with Crippen LogP contribution in [0.15, 0.2) is 12.4 Å². The lowest BCUT2D eigenvalue weighted by Crippen LogP contribution is -2.35. The molecule has 0 spiro atoms. The number of nitrogens with zero attached hydrogens (tertiary/aromatic N) is 4. The lowest BCUT2D eigenvalue weighted by Gasteiger charge is -2.27. The Labute approximate surface area is 109 Å². The summed E-state index contributed by atoms with van der Waals surface area (Å²) in [5.74, 6) is 7.39. The molecule has 0 saturated heterocycles. The van der Waals surface area contributed by atoms with E-state index in [1.54, 1.807) is 12.4 Å². The molecule has 1 rings (SSSR count). The SMILES string of the molecule is CC(C)CN(CCN(C)C)c1cncc(NN)n1. The molecule has 102 valence electrons. The highest BCUT2D eigenvalue weighted by molar-refractivity contribution is 5.43. The molecule has 0 atom stereocenters. The van der Waals surface area contributed by atoms with Crippen molar-refractivity contribution in [3.05, 3.63) is 12.4 Å². The second-order valence-corrected chi connectivity index (χ2v) is 5.05. The van der Waals surface area contributed by atoms with Gasteiger partial charge in [0.05, 0.1) is 12.4 Å². The predicted molar refractivity (Wildman–Crippen MR) is 75.4 cm³/mol. The van der Waals surface area contributed by atoms with Gasteiger partial charge in [0.1, 0.15) is 5.82 Å². The van der Waals surface area contributed by atoms with Gasteiger partial charge in [0.2, 0.25) is 0 Å². The Balaban J connectivity index is 2.79.